The number of fused-ring (bicyclic) bond motifs is 1. The van der Waals surface area contributed by atoms with E-state index in [0.717, 1.165) is 12.1 Å². The highest BCUT2D eigenvalue weighted by molar-refractivity contribution is 6.04. The summed E-state index contributed by atoms with van der Waals surface area (Å²) in [5.41, 5.74) is -1.08. The topological polar surface area (TPSA) is 135 Å². The number of aliphatic hydroxyl groups excluding tert-OH is 1. The predicted molar refractivity (Wildman–Crippen MR) is 136 cm³/mol. The summed E-state index contributed by atoms with van der Waals surface area (Å²) in [5.74, 6) is -0.655. The molecule has 196 valence electrons. The fourth-order valence-corrected chi connectivity index (χ4v) is 7.25. The Morgan fingerprint density at radius 3 is 2.76 bits per heavy atom. The molecule has 1 saturated heterocycles. The van der Waals surface area contributed by atoms with Gasteiger partial charge in [-0.3, -0.25) is 9.69 Å². The molecule has 2 heterocycles. The Kier molecular flexibility index (Phi) is 5.44. The second kappa shape index (κ2) is 8.36. The van der Waals surface area contributed by atoms with E-state index in [1.165, 1.54) is 32.2 Å². The number of methoxy groups -OCH3 is 1. The van der Waals surface area contributed by atoms with Crippen molar-refractivity contribution in [1.29, 1.82) is 0 Å². The summed E-state index contributed by atoms with van der Waals surface area (Å²) in [6, 6.07) is 6.36. The highest BCUT2D eigenvalue weighted by Gasteiger charge is 2.69. The van der Waals surface area contributed by atoms with Crippen LogP contribution in [0, 0.1) is 11.8 Å². The number of aromatic nitrogens is 1. The first-order valence-corrected chi connectivity index (χ1v) is 12.9. The van der Waals surface area contributed by atoms with Crippen LogP contribution in [0.1, 0.15) is 43.7 Å². The van der Waals surface area contributed by atoms with Crippen molar-refractivity contribution in [2.75, 3.05) is 25.5 Å². The minimum atomic E-state index is -1.45. The van der Waals surface area contributed by atoms with E-state index < -0.39 is 22.8 Å². The number of amides is 1. The number of nitrogens with one attached hydrogen (secondary N) is 1. The third-order valence-corrected chi connectivity index (χ3v) is 9.25. The van der Waals surface area contributed by atoms with Crippen LogP contribution < -0.4 is 10.1 Å². The number of rotatable bonds is 5. The number of aromatic hydroxyl groups is 2. The number of allylic oxidation sites excluding steroid dienone is 1. The normalized spacial score (nSPS) is 30.9. The SMILES string of the molecule is COc1cccnc1NC(=O)C1=C(O)[C@H](C)[C@]23CCN(CC4CC4)[C@H](Cc4ccc(O)c(O)c42)[C@]3(O)C1. The number of anilines is 1. The number of likely N-dealkylation sites (tertiary alicyclic amines) is 1. The van der Waals surface area contributed by atoms with E-state index in [1.807, 2.05) is 6.07 Å². The van der Waals surface area contributed by atoms with Crippen molar-refractivity contribution in [3.63, 3.8) is 0 Å². The van der Waals surface area contributed by atoms with Crippen molar-refractivity contribution in [3.8, 4) is 17.2 Å². The lowest BCUT2D eigenvalue weighted by atomic mass is 9.46. The number of aliphatic hydroxyl groups is 2. The monoisotopic (exact) mass is 507 g/mol. The van der Waals surface area contributed by atoms with Crippen molar-refractivity contribution in [2.45, 2.75) is 56.1 Å². The van der Waals surface area contributed by atoms with E-state index in [9.17, 15) is 25.2 Å². The van der Waals surface area contributed by atoms with Crippen molar-refractivity contribution >= 4 is 11.7 Å². The fourth-order valence-electron chi connectivity index (χ4n) is 7.25. The van der Waals surface area contributed by atoms with Crippen molar-refractivity contribution in [2.24, 2.45) is 11.8 Å². The number of pyridine rings is 1. The molecule has 1 aromatic heterocycles. The Balaban J connectivity index is 1.47. The van der Waals surface area contributed by atoms with Gasteiger partial charge in [0.2, 0.25) is 0 Å². The number of ether oxygens (including phenoxy) is 1. The molecule has 5 N–H and O–H groups in total. The van der Waals surface area contributed by atoms with Gasteiger partial charge in [0.25, 0.3) is 5.91 Å². The lowest BCUT2D eigenvalue weighted by molar-refractivity contribution is -0.171. The van der Waals surface area contributed by atoms with Gasteiger partial charge in [-0.2, -0.15) is 0 Å². The predicted octanol–water partition coefficient (Wildman–Crippen LogP) is 3.00. The Morgan fingerprint density at radius 2 is 2.03 bits per heavy atom. The molecule has 9 nitrogen and oxygen atoms in total. The average Bonchev–Trinajstić information content (AvgIpc) is 3.70. The van der Waals surface area contributed by atoms with Gasteiger partial charge in [-0.05, 0) is 61.9 Å². The van der Waals surface area contributed by atoms with Gasteiger partial charge in [0, 0.05) is 42.1 Å². The van der Waals surface area contributed by atoms with Crippen molar-refractivity contribution in [1.82, 2.24) is 9.88 Å². The Labute approximate surface area is 215 Å². The van der Waals surface area contributed by atoms with Crippen LogP contribution >= 0.6 is 0 Å². The van der Waals surface area contributed by atoms with Crippen LogP contribution in [-0.4, -0.2) is 68.1 Å². The number of benzene rings is 1. The van der Waals surface area contributed by atoms with Crippen LogP contribution in [0.15, 0.2) is 41.8 Å². The first-order chi connectivity index (χ1) is 17.7. The third kappa shape index (κ3) is 3.37. The van der Waals surface area contributed by atoms with E-state index in [-0.39, 0.29) is 41.1 Å². The zero-order valence-electron chi connectivity index (χ0n) is 21.1. The van der Waals surface area contributed by atoms with E-state index in [2.05, 4.69) is 15.2 Å². The number of hydrogen-bond donors (Lipinski definition) is 5. The number of piperidine rings is 1. The van der Waals surface area contributed by atoms with E-state index in [4.69, 9.17) is 4.74 Å². The average molecular weight is 508 g/mol. The Morgan fingerprint density at radius 1 is 1.24 bits per heavy atom. The zero-order valence-corrected chi connectivity index (χ0v) is 21.1. The molecule has 4 aliphatic rings. The number of phenolic OH excluding ortho intramolecular Hbond substituents is 2. The second-order valence-corrected chi connectivity index (χ2v) is 11.0. The van der Waals surface area contributed by atoms with E-state index in [0.29, 0.717) is 36.6 Å². The minimum absolute atomic E-state index is 0.0927. The van der Waals surface area contributed by atoms with E-state index in [1.54, 1.807) is 19.1 Å². The molecular weight excluding hydrogens is 474 g/mol. The standard InChI is InChI=1S/C28H33N3O6/c1-15-23(33)18(26(35)30-25-20(37-2)4-3-10-29-25)13-28(36)21-12-17-7-8-19(32)24(34)22(17)27(15,28)9-11-31(21)14-16-5-6-16/h3-4,7-8,10,15-16,21,32-34,36H,5-6,9,11-14H2,1-2H3,(H,29,30,35)/t15-,21+,27+,28+/m0/s1. The molecule has 2 fully saturated rings. The van der Waals surface area contributed by atoms with Crippen LogP contribution in [0.5, 0.6) is 17.2 Å². The summed E-state index contributed by atoms with van der Waals surface area (Å²) in [4.78, 5) is 20.0. The number of carbonyl (C=O) groups is 1. The molecule has 0 radical (unpaired) electrons. The first-order valence-electron chi connectivity index (χ1n) is 12.9. The summed E-state index contributed by atoms with van der Waals surface area (Å²) in [6.07, 6.45) is 4.75. The maximum absolute atomic E-state index is 13.5. The molecule has 2 bridgehead atoms. The summed E-state index contributed by atoms with van der Waals surface area (Å²) < 4.78 is 5.30. The lowest BCUT2D eigenvalue weighted by Crippen LogP contribution is -2.75. The van der Waals surface area contributed by atoms with Crippen molar-refractivity contribution in [3.05, 3.63) is 52.9 Å². The highest BCUT2D eigenvalue weighted by Crippen LogP contribution is 2.64. The molecule has 37 heavy (non-hydrogen) atoms. The maximum atomic E-state index is 13.5. The summed E-state index contributed by atoms with van der Waals surface area (Å²) >= 11 is 0. The smallest absolute Gasteiger partial charge is 0.256 e. The van der Waals surface area contributed by atoms with Gasteiger partial charge in [0.15, 0.2) is 23.1 Å². The summed E-state index contributed by atoms with van der Waals surface area (Å²) in [6.45, 7) is 3.36. The van der Waals surface area contributed by atoms with Gasteiger partial charge in [0.05, 0.1) is 18.3 Å². The van der Waals surface area contributed by atoms with Crippen molar-refractivity contribution < 1.29 is 30.0 Å². The van der Waals surface area contributed by atoms with Crippen LogP contribution in [-0.2, 0) is 16.6 Å². The molecule has 4 atom stereocenters. The second-order valence-electron chi connectivity index (χ2n) is 11.0. The molecule has 1 amide bonds. The molecule has 6 rings (SSSR count). The highest BCUT2D eigenvalue weighted by atomic mass is 16.5. The number of nitrogens with zero attached hydrogens (tertiary/aromatic N) is 2. The Hall–Kier alpha value is -3.30. The van der Waals surface area contributed by atoms with Crippen LogP contribution in [0.2, 0.25) is 0 Å². The molecule has 0 spiro atoms. The molecule has 1 saturated carbocycles. The molecule has 2 aromatic rings. The van der Waals surface area contributed by atoms with Crippen LogP contribution in [0.4, 0.5) is 5.82 Å². The molecule has 1 aromatic carbocycles. The first kappa shape index (κ1) is 24.1. The quantitative estimate of drug-likeness (QED) is 0.390. The molecule has 1 aliphatic heterocycles. The number of phenols is 2. The molecule has 0 unspecified atom stereocenters. The number of carbonyl (C=O) groups excluding carboxylic acids is 1. The molecular formula is C28H33N3O6. The summed E-state index contributed by atoms with van der Waals surface area (Å²) in [7, 11) is 1.48. The third-order valence-electron chi connectivity index (χ3n) is 9.25. The van der Waals surface area contributed by atoms with Gasteiger partial charge < -0.3 is 30.5 Å². The van der Waals surface area contributed by atoms with Gasteiger partial charge in [-0.1, -0.05) is 13.0 Å². The molecule has 3 aliphatic carbocycles. The zero-order chi connectivity index (χ0) is 26.1. The maximum Gasteiger partial charge on any atom is 0.256 e. The fraction of sp³-hybridized carbons (Fsp3) is 0.500. The van der Waals surface area contributed by atoms with Crippen LogP contribution in [0.3, 0.4) is 0 Å². The van der Waals surface area contributed by atoms with E-state index >= 15 is 0 Å². The van der Waals surface area contributed by atoms with Gasteiger partial charge in [-0.25, -0.2) is 4.98 Å². The molecule has 9 heteroatoms. The minimum Gasteiger partial charge on any atom is -0.512 e. The lowest BCUT2D eigenvalue weighted by Gasteiger charge is -2.65. The van der Waals surface area contributed by atoms with Crippen LogP contribution in [0.25, 0.3) is 0 Å². The van der Waals surface area contributed by atoms with Gasteiger partial charge in [-0.15, -0.1) is 0 Å². The van der Waals surface area contributed by atoms with Gasteiger partial charge in [0.1, 0.15) is 5.76 Å². The van der Waals surface area contributed by atoms with Gasteiger partial charge >= 0.3 is 0 Å². The summed E-state index contributed by atoms with van der Waals surface area (Å²) in [5, 5.41) is 48.4. The largest absolute Gasteiger partial charge is 0.512 e. The Bertz CT molecular complexity index is 1310. The number of hydrogen-bond acceptors (Lipinski definition) is 8.